The van der Waals surface area contributed by atoms with Crippen molar-refractivity contribution in [2.24, 2.45) is 0 Å². The molecular weight excluding hydrogens is 309 g/mol. The molecule has 0 aromatic heterocycles. The lowest BCUT2D eigenvalue weighted by atomic mass is 10.1. The molecule has 1 aromatic carbocycles. The van der Waals surface area contributed by atoms with Gasteiger partial charge in [0.1, 0.15) is 5.82 Å². The van der Waals surface area contributed by atoms with Gasteiger partial charge in [0.05, 0.1) is 12.1 Å². The van der Waals surface area contributed by atoms with E-state index in [2.05, 4.69) is 9.80 Å². The normalized spacial score (nSPS) is 19.0. The molecule has 0 aliphatic carbocycles. The molecule has 1 fully saturated rings. The molecule has 1 aliphatic rings. The zero-order valence-corrected chi connectivity index (χ0v) is 14.8. The van der Waals surface area contributed by atoms with Crippen LogP contribution in [-0.4, -0.2) is 77.6 Å². The summed E-state index contributed by atoms with van der Waals surface area (Å²) in [6.07, 6.45) is -0.326. The first-order chi connectivity index (χ1) is 11.4. The van der Waals surface area contributed by atoms with Gasteiger partial charge in [0.25, 0.3) is 0 Å². The SMILES string of the molecule is C[C@H](C(=O)N(C)Cc1cccc(F)c1)N1CCN(C[C@@H](C)O)CC1. The summed E-state index contributed by atoms with van der Waals surface area (Å²) in [6, 6.07) is 6.15. The van der Waals surface area contributed by atoms with Crippen molar-refractivity contribution in [3.63, 3.8) is 0 Å². The van der Waals surface area contributed by atoms with Crippen LogP contribution in [0.5, 0.6) is 0 Å². The van der Waals surface area contributed by atoms with Crippen LogP contribution in [-0.2, 0) is 11.3 Å². The highest BCUT2D eigenvalue weighted by Gasteiger charge is 2.27. The van der Waals surface area contributed by atoms with Crippen molar-refractivity contribution in [3.05, 3.63) is 35.6 Å². The number of β-amino-alcohol motifs (C(OH)–C–C–N with tert-alkyl or cyclic N) is 1. The molecule has 5 nitrogen and oxygen atoms in total. The highest BCUT2D eigenvalue weighted by atomic mass is 19.1. The molecule has 1 aliphatic heterocycles. The number of hydrogen-bond acceptors (Lipinski definition) is 4. The fraction of sp³-hybridized carbons (Fsp3) is 0.611. The Labute approximate surface area is 143 Å². The number of halogens is 1. The summed E-state index contributed by atoms with van der Waals surface area (Å²) in [7, 11) is 1.76. The smallest absolute Gasteiger partial charge is 0.239 e. The van der Waals surface area contributed by atoms with Crippen LogP contribution in [0.2, 0.25) is 0 Å². The number of piperazine rings is 1. The number of rotatable bonds is 6. The molecule has 0 unspecified atom stereocenters. The van der Waals surface area contributed by atoms with Crippen LogP contribution >= 0.6 is 0 Å². The van der Waals surface area contributed by atoms with Gasteiger partial charge in [-0.25, -0.2) is 4.39 Å². The summed E-state index contributed by atoms with van der Waals surface area (Å²) in [5.74, 6) is -0.237. The fourth-order valence-electron chi connectivity index (χ4n) is 3.17. The van der Waals surface area contributed by atoms with Crippen molar-refractivity contribution in [2.75, 3.05) is 39.8 Å². The van der Waals surface area contributed by atoms with Crippen LogP contribution in [0.4, 0.5) is 4.39 Å². The first-order valence-electron chi connectivity index (χ1n) is 8.50. The molecule has 0 saturated carbocycles. The molecule has 1 saturated heterocycles. The van der Waals surface area contributed by atoms with E-state index >= 15 is 0 Å². The van der Waals surface area contributed by atoms with Gasteiger partial charge >= 0.3 is 0 Å². The zero-order valence-electron chi connectivity index (χ0n) is 14.8. The van der Waals surface area contributed by atoms with Gasteiger partial charge in [-0.3, -0.25) is 14.6 Å². The third-order valence-electron chi connectivity index (χ3n) is 4.52. The van der Waals surface area contributed by atoms with Gasteiger partial charge in [-0.1, -0.05) is 12.1 Å². The largest absolute Gasteiger partial charge is 0.392 e. The van der Waals surface area contributed by atoms with Gasteiger partial charge in [0.2, 0.25) is 5.91 Å². The quantitative estimate of drug-likeness (QED) is 0.847. The van der Waals surface area contributed by atoms with Crippen molar-refractivity contribution in [1.82, 2.24) is 14.7 Å². The topological polar surface area (TPSA) is 47.0 Å². The van der Waals surface area contributed by atoms with E-state index < -0.39 is 0 Å². The molecule has 0 radical (unpaired) electrons. The van der Waals surface area contributed by atoms with Gasteiger partial charge < -0.3 is 10.0 Å². The lowest BCUT2D eigenvalue weighted by Crippen LogP contribution is -2.54. The van der Waals surface area contributed by atoms with Gasteiger partial charge in [0.15, 0.2) is 0 Å². The maximum Gasteiger partial charge on any atom is 0.239 e. The number of aliphatic hydroxyl groups excluding tert-OH is 1. The van der Waals surface area contributed by atoms with E-state index in [0.717, 1.165) is 31.7 Å². The van der Waals surface area contributed by atoms with E-state index in [4.69, 9.17) is 0 Å². The lowest BCUT2D eigenvalue weighted by molar-refractivity contribution is -0.136. The van der Waals surface area contributed by atoms with Gasteiger partial charge in [0, 0.05) is 46.3 Å². The Morgan fingerprint density at radius 2 is 1.96 bits per heavy atom. The Bertz CT molecular complexity index is 545. The Morgan fingerprint density at radius 3 is 2.54 bits per heavy atom. The lowest BCUT2D eigenvalue weighted by Gasteiger charge is -2.38. The highest BCUT2D eigenvalue weighted by Crippen LogP contribution is 2.12. The van der Waals surface area contributed by atoms with E-state index in [1.165, 1.54) is 12.1 Å². The molecule has 24 heavy (non-hydrogen) atoms. The van der Waals surface area contributed by atoms with Gasteiger partial charge in [-0.2, -0.15) is 0 Å². The summed E-state index contributed by atoms with van der Waals surface area (Å²) in [6.45, 7) is 8.14. The Balaban J connectivity index is 1.85. The van der Waals surface area contributed by atoms with E-state index in [9.17, 15) is 14.3 Å². The second-order valence-corrected chi connectivity index (χ2v) is 6.69. The van der Waals surface area contributed by atoms with E-state index in [1.807, 2.05) is 13.0 Å². The zero-order chi connectivity index (χ0) is 17.7. The summed E-state index contributed by atoms with van der Waals surface area (Å²) in [4.78, 5) is 18.7. The predicted octanol–water partition coefficient (Wildman–Crippen LogP) is 1.17. The summed E-state index contributed by atoms with van der Waals surface area (Å²) in [5, 5.41) is 9.46. The summed E-state index contributed by atoms with van der Waals surface area (Å²) >= 11 is 0. The minimum atomic E-state index is -0.326. The Kier molecular flexibility index (Phi) is 6.71. The van der Waals surface area contributed by atoms with Crippen LogP contribution in [0, 0.1) is 5.82 Å². The highest BCUT2D eigenvalue weighted by molar-refractivity contribution is 5.81. The number of nitrogens with zero attached hydrogens (tertiary/aromatic N) is 3. The number of carbonyl (C=O) groups excluding carboxylic acids is 1. The van der Waals surface area contributed by atoms with Crippen molar-refractivity contribution in [2.45, 2.75) is 32.5 Å². The molecule has 2 rings (SSSR count). The average Bonchev–Trinajstić information content (AvgIpc) is 2.53. The number of benzene rings is 1. The summed E-state index contributed by atoms with van der Waals surface area (Å²) in [5.41, 5.74) is 0.791. The van der Waals surface area contributed by atoms with Crippen LogP contribution in [0.3, 0.4) is 0 Å². The van der Waals surface area contributed by atoms with Crippen molar-refractivity contribution >= 4 is 5.91 Å². The van der Waals surface area contributed by atoms with Crippen LogP contribution < -0.4 is 0 Å². The molecule has 6 heteroatoms. The van der Waals surface area contributed by atoms with Crippen LogP contribution in [0.1, 0.15) is 19.4 Å². The minimum Gasteiger partial charge on any atom is -0.392 e. The molecule has 134 valence electrons. The average molecular weight is 337 g/mol. The first-order valence-corrected chi connectivity index (χ1v) is 8.50. The second kappa shape index (κ2) is 8.55. The third-order valence-corrected chi connectivity index (χ3v) is 4.52. The second-order valence-electron chi connectivity index (χ2n) is 6.69. The molecule has 1 amide bonds. The van der Waals surface area contributed by atoms with Crippen molar-refractivity contribution < 1.29 is 14.3 Å². The number of amides is 1. The molecular formula is C18H28FN3O2. The predicted molar refractivity (Wildman–Crippen MR) is 92.0 cm³/mol. The molecule has 0 spiro atoms. The fourth-order valence-corrected chi connectivity index (χ4v) is 3.17. The number of likely N-dealkylation sites (N-methyl/N-ethyl adjacent to an activating group) is 1. The number of hydrogen-bond donors (Lipinski definition) is 1. The maximum atomic E-state index is 13.3. The van der Waals surface area contributed by atoms with Crippen LogP contribution in [0.15, 0.2) is 24.3 Å². The molecule has 1 heterocycles. The molecule has 0 bridgehead atoms. The van der Waals surface area contributed by atoms with Gasteiger partial charge in [-0.15, -0.1) is 0 Å². The van der Waals surface area contributed by atoms with Crippen molar-refractivity contribution in [3.8, 4) is 0 Å². The molecule has 1 N–H and O–H groups in total. The third kappa shape index (κ3) is 5.26. The maximum absolute atomic E-state index is 13.3. The number of carbonyl (C=O) groups is 1. The Morgan fingerprint density at radius 1 is 1.29 bits per heavy atom. The first kappa shape index (κ1) is 18.8. The van der Waals surface area contributed by atoms with E-state index in [0.29, 0.717) is 13.1 Å². The molecule has 2 atom stereocenters. The minimum absolute atomic E-state index is 0.0447. The standard InChI is InChI=1S/C18H28FN3O2/c1-14(23)12-21-7-9-22(10-8-21)15(2)18(24)20(3)13-16-5-4-6-17(19)11-16/h4-6,11,14-15,23H,7-10,12-13H2,1-3H3/t14-,15-/m1/s1. The van der Waals surface area contributed by atoms with Crippen molar-refractivity contribution in [1.29, 1.82) is 0 Å². The Hall–Kier alpha value is -1.50. The van der Waals surface area contributed by atoms with Crippen LogP contribution in [0.25, 0.3) is 0 Å². The molecule has 1 aromatic rings. The van der Waals surface area contributed by atoms with E-state index in [-0.39, 0.29) is 23.9 Å². The monoisotopic (exact) mass is 337 g/mol. The number of aliphatic hydroxyl groups is 1. The summed E-state index contributed by atoms with van der Waals surface area (Å²) < 4.78 is 13.3. The van der Waals surface area contributed by atoms with Gasteiger partial charge in [-0.05, 0) is 31.5 Å². The van der Waals surface area contributed by atoms with E-state index in [1.54, 1.807) is 24.9 Å².